The van der Waals surface area contributed by atoms with Crippen LogP contribution in [0.5, 0.6) is 0 Å². The molecule has 0 aliphatic heterocycles. The Morgan fingerprint density at radius 2 is 0.737 bits per heavy atom. The van der Waals surface area contributed by atoms with Gasteiger partial charge in [0.25, 0.3) is 0 Å². The van der Waals surface area contributed by atoms with Gasteiger partial charge in [-0.25, -0.2) is 15.0 Å². The molecule has 4 heteroatoms. The van der Waals surface area contributed by atoms with Crippen LogP contribution in [0.3, 0.4) is 0 Å². The van der Waals surface area contributed by atoms with Gasteiger partial charge in [-0.15, -0.1) is 11.3 Å². The lowest BCUT2D eigenvalue weighted by Crippen LogP contribution is -2.01. The summed E-state index contributed by atoms with van der Waals surface area (Å²) >= 11 is 1.79. The second-order valence-corrected chi connectivity index (χ2v) is 15.4. The number of fused-ring (bicyclic) bond motifs is 5. The summed E-state index contributed by atoms with van der Waals surface area (Å²) < 4.78 is 2.42. The van der Waals surface area contributed by atoms with E-state index in [1.807, 2.05) is 0 Å². The molecule has 11 rings (SSSR count). The van der Waals surface area contributed by atoms with Gasteiger partial charge in [0.2, 0.25) is 0 Å². The van der Waals surface area contributed by atoms with Gasteiger partial charge < -0.3 is 0 Å². The van der Waals surface area contributed by atoms with E-state index in [9.17, 15) is 0 Å². The summed E-state index contributed by atoms with van der Waals surface area (Å²) in [6, 6.07) is 71.1. The van der Waals surface area contributed by atoms with Crippen molar-refractivity contribution in [3.05, 3.63) is 200 Å². The lowest BCUT2D eigenvalue weighted by Gasteiger charge is -2.14. The van der Waals surface area contributed by atoms with Crippen LogP contribution < -0.4 is 0 Å². The standard InChI is InChI=1S/C53H33N3S/c1-2-12-34(13-3-1)35-24-26-38(27-25-35)42-32-33-47(44-18-7-6-17-43(42)44)52-54-51(39-30-28-37(29-31-39)41-20-10-15-36-14-4-5-16-40(36)41)55-53(56-52)48-22-11-21-46-45-19-8-9-23-49(45)57-50(46)48/h1-33H. The van der Waals surface area contributed by atoms with Crippen LogP contribution in [0.4, 0.5) is 0 Å². The van der Waals surface area contributed by atoms with Crippen molar-refractivity contribution in [2.75, 3.05) is 0 Å². The highest BCUT2D eigenvalue weighted by Gasteiger charge is 2.19. The molecule has 0 bridgehead atoms. The van der Waals surface area contributed by atoms with Gasteiger partial charge in [0.05, 0.1) is 0 Å². The van der Waals surface area contributed by atoms with E-state index in [2.05, 4.69) is 200 Å². The molecular formula is C53H33N3S. The minimum Gasteiger partial charge on any atom is -0.208 e. The number of nitrogens with zero attached hydrogens (tertiary/aromatic N) is 3. The average Bonchev–Trinajstić information content (AvgIpc) is 3.68. The third-order valence-corrected chi connectivity index (χ3v) is 12.2. The molecule has 57 heavy (non-hydrogen) atoms. The van der Waals surface area contributed by atoms with Crippen LogP contribution in [0, 0.1) is 0 Å². The van der Waals surface area contributed by atoms with Crippen LogP contribution in [0.15, 0.2) is 200 Å². The molecule has 266 valence electrons. The van der Waals surface area contributed by atoms with Crippen molar-refractivity contribution in [2.24, 2.45) is 0 Å². The SMILES string of the molecule is c1ccc(-c2ccc(-c3ccc(-c4nc(-c5ccc(-c6cccc7ccccc67)cc5)nc(-c5cccc6c5sc5ccccc56)n4)c4ccccc34)cc2)cc1. The summed E-state index contributed by atoms with van der Waals surface area (Å²) in [7, 11) is 0. The summed E-state index contributed by atoms with van der Waals surface area (Å²) in [5, 5.41) is 7.16. The molecule has 0 aliphatic carbocycles. The fourth-order valence-electron chi connectivity index (χ4n) is 8.16. The summed E-state index contributed by atoms with van der Waals surface area (Å²) in [6.45, 7) is 0. The first-order chi connectivity index (χ1) is 28.2. The van der Waals surface area contributed by atoms with E-state index in [1.165, 1.54) is 53.2 Å². The Bertz CT molecular complexity index is 3270. The lowest BCUT2D eigenvalue weighted by molar-refractivity contribution is 1.08. The third-order valence-electron chi connectivity index (χ3n) is 11.0. The van der Waals surface area contributed by atoms with Crippen molar-refractivity contribution in [1.29, 1.82) is 0 Å². The van der Waals surface area contributed by atoms with Crippen molar-refractivity contribution < 1.29 is 0 Å². The number of hydrogen-bond acceptors (Lipinski definition) is 4. The average molecular weight is 744 g/mol. The van der Waals surface area contributed by atoms with E-state index in [0.717, 1.165) is 38.6 Å². The highest BCUT2D eigenvalue weighted by atomic mass is 32.1. The van der Waals surface area contributed by atoms with E-state index >= 15 is 0 Å². The van der Waals surface area contributed by atoms with E-state index in [4.69, 9.17) is 15.0 Å². The van der Waals surface area contributed by atoms with Gasteiger partial charge >= 0.3 is 0 Å². The second kappa shape index (κ2) is 13.8. The first-order valence-electron chi connectivity index (χ1n) is 19.2. The number of aromatic nitrogens is 3. The molecule has 0 unspecified atom stereocenters. The molecule has 0 radical (unpaired) electrons. The van der Waals surface area contributed by atoms with Crippen LogP contribution in [0.25, 0.3) is 109 Å². The van der Waals surface area contributed by atoms with Crippen LogP contribution in [0.2, 0.25) is 0 Å². The molecular weight excluding hydrogens is 711 g/mol. The fourth-order valence-corrected chi connectivity index (χ4v) is 9.38. The number of benzene rings is 9. The van der Waals surface area contributed by atoms with E-state index in [-0.39, 0.29) is 0 Å². The lowest BCUT2D eigenvalue weighted by atomic mass is 9.93. The molecule has 2 heterocycles. The van der Waals surface area contributed by atoms with Crippen molar-refractivity contribution in [3.63, 3.8) is 0 Å². The zero-order chi connectivity index (χ0) is 37.7. The van der Waals surface area contributed by atoms with Crippen molar-refractivity contribution in [3.8, 4) is 67.5 Å². The van der Waals surface area contributed by atoms with Gasteiger partial charge in [0.1, 0.15) is 0 Å². The Labute approximate surface area is 334 Å². The molecule has 2 aromatic heterocycles. The molecule has 0 amide bonds. The highest BCUT2D eigenvalue weighted by molar-refractivity contribution is 7.26. The molecule has 3 nitrogen and oxygen atoms in total. The summed E-state index contributed by atoms with van der Waals surface area (Å²) in [4.78, 5) is 15.8. The molecule has 0 atom stereocenters. The van der Waals surface area contributed by atoms with Gasteiger partial charge in [-0.2, -0.15) is 0 Å². The molecule has 11 aromatic rings. The third kappa shape index (κ3) is 5.86. The summed E-state index contributed by atoms with van der Waals surface area (Å²) in [5.74, 6) is 1.95. The quantitative estimate of drug-likeness (QED) is 0.170. The van der Waals surface area contributed by atoms with Crippen LogP contribution in [0.1, 0.15) is 0 Å². The minimum absolute atomic E-state index is 0.641. The Hall–Kier alpha value is -7.27. The normalized spacial score (nSPS) is 11.5. The van der Waals surface area contributed by atoms with Crippen molar-refractivity contribution in [1.82, 2.24) is 15.0 Å². The molecule has 0 saturated carbocycles. The van der Waals surface area contributed by atoms with E-state index in [1.54, 1.807) is 11.3 Å². The van der Waals surface area contributed by atoms with Crippen LogP contribution in [-0.2, 0) is 0 Å². The van der Waals surface area contributed by atoms with Crippen molar-refractivity contribution in [2.45, 2.75) is 0 Å². The zero-order valence-electron chi connectivity index (χ0n) is 30.8. The Kier molecular flexibility index (Phi) is 8.01. The molecule has 0 spiro atoms. The number of rotatable bonds is 6. The molecule has 0 N–H and O–H groups in total. The van der Waals surface area contributed by atoms with Gasteiger partial charge in [-0.1, -0.05) is 182 Å². The van der Waals surface area contributed by atoms with Crippen LogP contribution in [-0.4, -0.2) is 15.0 Å². The molecule has 9 aromatic carbocycles. The Morgan fingerprint density at radius 1 is 0.263 bits per heavy atom. The second-order valence-electron chi connectivity index (χ2n) is 14.3. The van der Waals surface area contributed by atoms with Crippen molar-refractivity contribution >= 4 is 53.1 Å². The minimum atomic E-state index is 0.641. The Morgan fingerprint density at radius 3 is 1.51 bits per heavy atom. The largest absolute Gasteiger partial charge is 0.208 e. The van der Waals surface area contributed by atoms with E-state index < -0.39 is 0 Å². The first kappa shape index (κ1) is 33.1. The maximum Gasteiger partial charge on any atom is 0.165 e. The molecule has 0 saturated heterocycles. The maximum atomic E-state index is 5.30. The van der Waals surface area contributed by atoms with Gasteiger partial charge in [0, 0.05) is 36.9 Å². The predicted molar refractivity (Wildman–Crippen MR) is 240 cm³/mol. The highest BCUT2D eigenvalue weighted by Crippen LogP contribution is 2.41. The van der Waals surface area contributed by atoms with Gasteiger partial charge in [-0.05, 0) is 73.1 Å². The Balaban J connectivity index is 1.07. The summed E-state index contributed by atoms with van der Waals surface area (Å²) in [6.07, 6.45) is 0. The first-order valence-corrected chi connectivity index (χ1v) is 20.0. The monoisotopic (exact) mass is 743 g/mol. The smallest absolute Gasteiger partial charge is 0.165 e. The fraction of sp³-hybridized carbons (Fsp3) is 0. The predicted octanol–water partition coefficient (Wildman–Crippen LogP) is 14.5. The zero-order valence-corrected chi connectivity index (χ0v) is 31.6. The number of thiophene rings is 1. The topological polar surface area (TPSA) is 38.7 Å². The molecule has 0 aliphatic rings. The maximum absolute atomic E-state index is 5.30. The summed E-state index contributed by atoms with van der Waals surface area (Å²) in [5.41, 5.74) is 10.0. The van der Waals surface area contributed by atoms with Gasteiger partial charge in [0.15, 0.2) is 17.5 Å². The van der Waals surface area contributed by atoms with E-state index in [0.29, 0.717) is 17.5 Å². The van der Waals surface area contributed by atoms with Crippen LogP contribution >= 0.6 is 11.3 Å². The number of hydrogen-bond donors (Lipinski definition) is 0. The van der Waals surface area contributed by atoms with Gasteiger partial charge in [-0.3, -0.25) is 0 Å². The molecule has 0 fully saturated rings.